The molecule has 4 rings (SSSR count). The van der Waals surface area contributed by atoms with Crippen molar-refractivity contribution >= 4 is 28.5 Å². The van der Waals surface area contributed by atoms with Gasteiger partial charge in [-0.3, -0.25) is 9.59 Å². The Bertz CT molecular complexity index is 1180. The molecule has 0 saturated heterocycles. The first-order chi connectivity index (χ1) is 15.5. The van der Waals surface area contributed by atoms with E-state index in [1.165, 1.54) is 13.2 Å². The predicted octanol–water partition coefficient (Wildman–Crippen LogP) is 4.47. The second-order valence-electron chi connectivity index (χ2n) is 7.49. The molecule has 0 unspecified atom stereocenters. The molecule has 32 heavy (non-hydrogen) atoms. The Labute approximate surface area is 189 Å². The molecule has 1 aliphatic rings. The number of para-hydroxylation sites is 1. The number of carbonyl (C=O) groups excluding carboxylic acids is 1. The fourth-order valence-electron chi connectivity index (χ4n) is 3.66. The monoisotopic (exact) mass is 458 g/mol. The number of hydrogen-bond donors (Lipinski definition) is 0. The Morgan fingerprint density at radius 3 is 2.66 bits per heavy atom. The number of rotatable bonds is 8. The van der Waals surface area contributed by atoms with Crippen molar-refractivity contribution in [2.45, 2.75) is 18.9 Å². The number of fused-ring (bicyclic) bond motifs is 1. The molecule has 168 valence electrons. The quantitative estimate of drug-likeness (QED) is 0.363. The summed E-state index contributed by atoms with van der Waals surface area (Å²) in [6, 6.07) is 11.8. The minimum Gasteiger partial charge on any atom is -0.493 e. The highest BCUT2D eigenvalue weighted by Gasteiger charge is 2.35. The van der Waals surface area contributed by atoms with E-state index in [2.05, 4.69) is 0 Å². The average Bonchev–Trinajstić information content (AvgIpc) is 2.77. The Morgan fingerprint density at radius 2 is 1.91 bits per heavy atom. The molecule has 3 aromatic rings. The fourth-order valence-corrected chi connectivity index (χ4v) is 3.87. The zero-order valence-electron chi connectivity index (χ0n) is 17.8. The van der Waals surface area contributed by atoms with E-state index in [0.29, 0.717) is 64.9 Å². The van der Waals surface area contributed by atoms with Gasteiger partial charge in [-0.1, -0.05) is 17.7 Å². The minimum absolute atomic E-state index is 0.0348. The molecule has 0 aliphatic heterocycles. The third-order valence-electron chi connectivity index (χ3n) is 5.48. The van der Waals surface area contributed by atoms with Crippen molar-refractivity contribution in [3.05, 3.63) is 57.7 Å². The lowest BCUT2D eigenvalue weighted by atomic mass is 9.82. The van der Waals surface area contributed by atoms with E-state index in [4.69, 9.17) is 35.0 Å². The van der Waals surface area contributed by atoms with Crippen molar-refractivity contribution < 1.29 is 28.2 Å². The van der Waals surface area contributed by atoms with Gasteiger partial charge in [-0.25, -0.2) is 0 Å². The molecule has 0 bridgehead atoms. The summed E-state index contributed by atoms with van der Waals surface area (Å²) in [6.45, 7) is 0.666. The standard InChI is InChI=1S/C24H23ClO7/c1-28-20-7-6-14(21-13-19(26)17-4-3-5-18(25)23(17)32-21)12-22(20)31-9-8-30-16-10-15(11-16)24(27)29-2/h3-7,12-13,15-16H,8-11H2,1-2H3. The summed E-state index contributed by atoms with van der Waals surface area (Å²) < 4.78 is 27.6. The van der Waals surface area contributed by atoms with E-state index in [1.54, 1.807) is 43.5 Å². The molecular formula is C24H23ClO7. The molecule has 0 radical (unpaired) electrons. The molecule has 0 spiro atoms. The highest BCUT2D eigenvalue weighted by atomic mass is 35.5. The second kappa shape index (κ2) is 9.63. The van der Waals surface area contributed by atoms with Crippen molar-refractivity contribution in [1.29, 1.82) is 0 Å². The molecule has 0 amide bonds. The first kappa shape index (κ1) is 22.2. The Balaban J connectivity index is 1.44. The maximum absolute atomic E-state index is 12.5. The van der Waals surface area contributed by atoms with Crippen molar-refractivity contribution in [2.75, 3.05) is 27.4 Å². The lowest BCUT2D eigenvalue weighted by Crippen LogP contribution is -2.37. The minimum atomic E-state index is -0.190. The Morgan fingerprint density at radius 1 is 1.09 bits per heavy atom. The molecule has 0 N–H and O–H groups in total. The van der Waals surface area contributed by atoms with Gasteiger partial charge < -0.3 is 23.4 Å². The van der Waals surface area contributed by atoms with Crippen LogP contribution in [0.25, 0.3) is 22.3 Å². The molecular weight excluding hydrogens is 436 g/mol. The van der Waals surface area contributed by atoms with E-state index in [1.807, 2.05) is 0 Å². The first-order valence-corrected chi connectivity index (χ1v) is 10.6. The second-order valence-corrected chi connectivity index (χ2v) is 7.90. The van der Waals surface area contributed by atoms with Gasteiger partial charge in [-0.2, -0.15) is 0 Å². The van der Waals surface area contributed by atoms with Crippen LogP contribution in [0.3, 0.4) is 0 Å². The van der Waals surface area contributed by atoms with E-state index in [0.717, 1.165) is 0 Å². The first-order valence-electron chi connectivity index (χ1n) is 10.2. The third kappa shape index (κ3) is 4.59. The highest BCUT2D eigenvalue weighted by Crippen LogP contribution is 2.34. The van der Waals surface area contributed by atoms with Crippen LogP contribution < -0.4 is 14.9 Å². The van der Waals surface area contributed by atoms with Gasteiger partial charge >= 0.3 is 5.97 Å². The van der Waals surface area contributed by atoms with Crippen LogP contribution in [0.15, 0.2) is 51.7 Å². The van der Waals surface area contributed by atoms with Crippen molar-refractivity contribution in [1.82, 2.24) is 0 Å². The third-order valence-corrected chi connectivity index (χ3v) is 5.78. The molecule has 7 nitrogen and oxygen atoms in total. The smallest absolute Gasteiger partial charge is 0.308 e. The number of hydrogen-bond acceptors (Lipinski definition) is 7. The molecule has 1 aliphatic carbocycles. The van der Waals surface area contributed by atoms with Gasteiger partial charge in [0.15, 0.2) is 22.5 Å². The number of ether oxygens (including phenoxy) is 4. The van der Waals surface area contributed by atoms with Crippen molar-refractivity contribution in [3.63, 3.8) is 0 Å². The van der Waals surface area contributed by atoms with Gasteiger partial charge in [0.05, 0.1) is 43.3 Å². The van der Waals surface area contributed by atoms with E-state index in [9.17, 15) is 9.59 Å². The van der Waals surface area contributed by atoms with Gasteiger partial charge in [0.1, 0.15) is 12.4 Å². The van der Waals surface area contributed by atoms with Crippen LogP contribution in [0, 0.1) is 5.92 Å². The summed E-state index contributed by atoms with van der Waals surface area (Å²) in [6.07, 6.45) is 1.36. The number of benzene rings is 2. The van der Waals surface area contributed by atoms with Gasteiger partial charge in [-0.15, -0.1) is 0 Å². The van der Waals surface area contributed by atoms with Crippen molar-refractivity contribution in [3.8, 4) is 22.8 Å². The number of halogens is 1. The summed E-state index contributed by atoms with van der Waals surface area (Å²) in [4.78, 5) is 23.9. The van der Waals surface area contributed by atoms with Crippen LogP contribution in [0.5, 0.6) is 11.5 Å². The summed E-state index contributed by atoms with van der Waals surface area (Å²) in [7, 11) is 2.94. The maximum atomic E-state index is 12.5. The van der Waals surface area contributed by atoms with Crippen molar-refractivity contribution in [2.24, 2.45) is 5.92 Å². The molecule has 0 atom stereocenters. The van der Waals surface area contributed by atoms with E-state index in [-0.39, 0.29) is 23.4 Å². The van der Waals surface area contributed by atoms with Gasteiger partial charge in [-0.05, 0) is 43.2 Å². The molecule has 8 heteroatoms. The summed E-state index contributed by atoms with van der Waals surface area (Å²) in [5.74, 6) is 1.15. The zero-order chi connectivity index (χ0) is 22.7. The summed E-state index contributed by atoms with van der Waals surface area (Å²) in [5.41, 5.74) is 0.816. The van der Waals surface area contributed by atoms with Crippen LogP contribution in [-0.4, -0.2) is 39.5 Å². The molecule has 1 saturated carbocycles. The SMILES string of the molecule is COC(=O)C1CC(OCCOc2cc(-c3cc(=O)c4cccc(Cl)c4o3)ccc2OC)C1. The Hall–Kier alpha value is -3.03. The largest absolute Gasteiger partial charge is 0.493 e. The normalized spacial score (nSPS) is 17.6. The Kier molecular flexibility index (Phi) is 6.67. The average molecular weight is 459 g/mol. The zero-order valence-corrected chi connectivity index (χ0v) is 18.5. The molecule has 1 fully saturated rings. The highest BCUT2D eigenvalue weighted by molar-refractivity contribution is 6.34. The van der Waals surface area contributed by atoms with Crippen LogP contribution in [0.2, 0.25) is 5.02 Å². The predicted molar refractivity (Wildman–Crippen MR) is 119 cm³/mol. The molecule has 2 aromatic carbocycles. The molecule has 1 heterocycles. The maximum Gasteiger partial charge on any atom is 0.308 e. The lowest BCUT2D eigenvalue weighted by Gasteiger charge is -2.32. The summed E-state index contributed by atoms with van der Waals surface area (Å²) >= 11 is 6.21. The van der Waals surface area contributed by atoms with E-state index >= 15 is 0 Å². The number of carbonyl (C=O) groups is 1. The van der Waals surface area contributed by atoms with Gasteiger partial charge in [0.25, 0.3) is 0 Å². The number of methoxy groups -OCH3 is 2. The summed E-state index contributed by atoms with van der Waals surface area (Å²) in [5, 5.41) is 0.794. The van der Waals surface area contributed by atoms with Crippen LogP contribution >= 0.6 is 11.6 Å². The van der Waals surface area contributed by atoms with Gasteiger partial charge in [0, 0.05) is 11.6 Å². The lowest BCUT2D eigenvalue weighted by molar-refractivity contribution is -0.155. The van der Waals surface area contributed by atoms with Crippen LogP contribution in [0.4, 0.5) is 0 Å². The van der Waals surface area contributed by atoms with Gasteiger partial charge in [0.2, 0.25) is 0 Å². The van der Waals surface area contributed by atoms with Crippen LogP contribution in [-0.2, 0) is 14.3 Å². The fraction of sp³-hybridized carbons (Fsp3) is 0.333. The number of esters is 1. The van der Waals surface area contributed by atoms with E-state index < -0.39 is 0 Å². The molecule has 1 aromatic heterocycles. The topological polar surface area (TPSA) is 84.2 Å². The van der Waals surface area contributed by atoms with Crippen LogP contribution in [0.1, 0.15) is 12.8 Å².